The van der Waals surface area contributed by atoms with Crippen LogP contribution in [-0.2, 0) is 0 Å². The highest BCUT2D eigenvalue weighted by atomic mass is 35.5. The van der Waals surface area contributed by atoms with Crippen LogP contribution in [0.25, 0.3) is 0 Å². The minimum Gasteiger partial charge on any atom is -0.490 e. The zero-order chi connectivity index (χ0) is 12.6. The van der Waals surface area contributed by atoms with E-state index in [9.17, 15) is 4.79 Å². The van der Waals surface area contributed by atoms with Crippen LogP contribution in [0, 0.1) is 12.8 Å². The first-order chi connectivity index (χ1) is 7.99. The van der Waals surface area contributed by atoms with E-state index >= 15 is 0 Å². The molecule has 1 aliphatic carbocycles. The van der Waals surface area contributed by atoms with Gasteiger partial charge < -0.3 is 4.74 Å². The van der Waals surface area contributed by atoms with Gasteiger partial charge in [-0.1, -0.05) is 11.6 Å². The van der Waals surface area contributed by atoms with Gasteiger partial charge in [0, 0.05) is 10.9 Å². The lowest BCUT2D eigenvalue weighted by atomic mass is 10.0. The van der Waals surface area contributed by atoms with Crippen molar-refractivity contribution >= 4 is 17.4 Å². The Balaban J connectivity index is 2.39. The standard InChI is InChI=1S/C14H17ClO2/c1-8(2)17-13-6-9(3)12(15)7-11(13)14(16)10-4-5-10/h6-8,10H,4-5H2,1-3H3. The molecule has 2 nitrogen and oxygen atoms in total. The van der Waals surface area contributed by atoms with Gasteiger partial charge in [0.05, 0.1) is 11.7 Å². The Labute approximate surface area is 107 Å². The molecular weight excluding hydrogens is 236 g/mol. The van der Waals surface area contributed by atoms with Crippen molar-refractivity contribution in [2.45, 2.75) is 39.7 Å². The number of ether oxygens (including phenoxy) is 1. The Bertz CT molecular complexity index is 448. The maximum atomic E-state index is 12.1. The topological polar surface area (TPSA) is 26.3 Å². The van der Waals surface area contributed by atoms with Gasteiger partial charge in [-0.3, -0.25) is 4.79 Å². The molecule has 0 atom stereocenters. The van der Waals surface area contributed by atoms with E-state index in [1.54, 1.807) is 6.07 Å². The van der Waals surface area contributed by atoms with Gasteiger partial charge in [-0.2, -0.15) is 0 Å². The maximum absolute atomic E-state index is 12.1. The number of Topliss-reactive ketones (excluding diaryl/α,β-unsaturated/α-hetero) is 1. The van der Waals surface area contributed by atoms with Crippen LogP contribution < -0.4 is 4.74 Å². The van der Waals surface area contributed by atoms with E-state index < -0.39 is 0 Å². The molecule has 1 aromatic carbocycles. The molecule has 0 heterocycles. The van der Waals surface area contributed by atoms with Crippen LogP contribution in [0.5, 0.6) is 5.75 Å². The molecule has 0 bridgehead atoms. The van der Waals surface area contributed by atoms with E-state index in [1.807, 2.05) is 26.8 Å². The second-order valence-corrected chi connectivity index (χ2v) is 5.31. The molecule has 0 radical (unpaired) electrons. The van der Waals surface area contributed by atoms with E-state index in [0.717, 1.165) is 18.4 Å². The quantitative estimate of drug-likeness (QED) is 0.757. The van der Waals surface area contributed by atoms with E-state index in [1.165, 1.54) is 0 Å². The molecule has 3 heteroatoms. The van der Waals surface area contributed by atoms with Gasteiger partial charge >= 0.3 is 0 Å². The number of hydrogen-bond donors (Lipinski definition) is 0. The van der Waals surface area contributed by atoms with Crippen LogP contribution in [0.3, 0.4) is 0 Å². The molecule has 0 aliphatic heterocycles. The first-order valence-electron chi connectivity index (χ1n) is 6.00. The third-order valence-electron chi connectivity index (χ3n) is 2.84. The first kappa shape index (κ1) is 12.4. The SMILES string of the molecule is Cc1cc(OC(C)C)c(C(=O)C2CC2)cc1Cl. The molecule has 0 N–H and O–H groups in total. The van der Waals surface area contributed by atoms with Gasteiger partial charge in [0.25, 0.3) is 0 Å². The minimum atomic E-state index is 0.0568. The zero-order valence-corrected chi connectivity index (χ0v) is 11.2. The summed E-state index contributed by atoms with van der Waals surface area (Å²) in [7, 11) is 0. The van der Waals surface area contributed by atoms with Gasteiger partial charge in [-0.25, -0.2) is 0 Å². The summed E-state index contributed by atoms with van der Waals surface area (Å²) in [6.45, 7) is 5.82. The number of rotatable bonds is 4. The molecule has 1 fully saturated rings. The average molecular weight is 253 g/mol. The molecule has 2 rings (SSSR count). The molecule has 0 amide bonds. The number of halogens is 1. The van der Waals surface area contributed by atoms with Crippen LogP contribution >= 0.6 is 11.6 Å². The summed E-state index contributed by atoms with van der Waals surface area (Å²) in [5.74, 6) is 1.02. The van der Waals surface area contributed by atoms with Crippen molar-refractivity contribution in [1.29, 1.82) is 0 Å². The molecule has 0 spiro atoms. The van der Waals surface area contributed by atoms with Gasteiger partial charge in [-0.15, -0.1) is 0 Å². The summed E-state index contributed by atoms with van der Waals surface area (Å²) in [6, 6.07) is 3.60. The van der Waals surface area contributed by atoms with Gasteiger partial charge in [0.15, 0.2) is 5.78 Å². The van der Waals surface area contributed by atoms with Gasteiger partial charge in [0.1, 0.15) is 5.75 Å². The van der Waals surface area contributed by atoms with Crippen molar-refractivity contribution in [3.63, 3.8) is 0 Å². The zero-order valence-electron chi connectivity index (χ0n) is 10.4. The second kappa shape index (κ2) is 4.69. The number of ketones is 1. The maximum Gasteiger partial charge on any atom is 0.169 e. The largest absolute Gasteiger partial charge is 0.490 e. The number of carbonyl (C=O) groups excluding carboxylic acids is 1. The molecule has 1 saturated carbocycles. The minimum absolute atomic E-state index is 0.0568. The number of carbonyl (C=O) groups is 1. The van der Waals surface area contributed by atoms with Gasteiger partial charge in [-0.05, 0) is 51.3 Å². The molecule has 0 saturated heterocycles. The lowest BCUT2D eigenvalue weighted by molar-refractivity contribution is 0.0962. The molecule has 17 heavy (non-hydrogen) atoms. The first-order valence-corrected chi connectivity index (χ1v) is 6.38. The smallest absolute Gasteiger partial charge is 0.169 e. The van der Waals surface area contributed by atoms with Crippen LogP contribution in [0.1, 0.15) is 42.6 Å². The Hall–Kier alpha value is -1.02. The van der Waals surface area contributed by atoms with E-state index in [4.69, 9.17) is 16.3 Å². The van der Waals surface area contributed by atoms with Crippen LogP contribution in [-0.4, -0.2) is 11.9 Å². The van der Waals surface area contributed by atoms with Crippen molar-refractivity contribution in [2.75, 3.05) is 0 Å². The summed E-state index contributed by atoms with van der Waals surface area (Å²) >= 11 is 6.08. The highest BCUT2D eigenvalue weighted by Gasteiger charge is 2.32. The van der Waals surface area contributed by atoms with Crippen LogP contribution in [0.15, 0.2) is 12.1 Å². The lowest BCUT2D eigenvalue weighted by Crippen LogP contribution is -2.11. The Morgan fingerprint density at radius 1 is 1.41 bits per heavy atom. The third-order valence-corrected chi connectivity index (χ3v) is 3.24. The van der Waals surface area contributed by atoms with Gasteiger partial charge in [0.2, 0.25) is 0 Å². The predicted molar refractivity (Wildman–Crippen MR) is 69.0 cm³/mol. The third kappa shape index (κ3) is 2.81. The fourth-order valence-corrected chi connectivity index (χ4v) is 1.93. The van der Waals surface area contributed by atoms with E-state index in [2.05, 4.69) is 0 Å². The second-order valence-electron chi connectivity index (χ2n) is 4.90. The monoisotopic (exact) mass is 252 g/mol. The van der Waals surface area contributed by atoms with E-state index in [0.29, 0.717) is 16.3 Å². The predicted octanol–water partition coefficient (Wildman–Crippen LogP) is 4.03. The van der Waals surface area contributed by atoms with Crippen molar-refractivity contribution in [1.82, 2.24) is 0 Å². The van der Waals surface area contributed by atoms with Crippen LogP contribution in [0.2, 0.25) is 5.02 Å². The fourth-order valence-electron chi connectivity index (χ4n) is 1.76. The average Bonchev–Trinajstić information content (AvgIpc) is 3.05. The number of aryl methyl sites for hydroxylation is 1. The molecule has 0 unspecified atom stereocenters. The Kier molecular flexibility index (Phi) is 3.43. The molecule has 92 valence electrons. The fraction of sp³-hybridized carbons (Fsp3) is 0.500. The summed E-state index contributed by atoms with van der Waals surface area (Å²) in [5, 5.41) is 0.630. The summed E-state index contributed by atoms with van der Waals surface area (Å²) in [5.41, 5.74) is 1.58. The number of hydrogen-bond acceptors (Lipinski definition) is 2. The van der Waals surface area contributed by atoms with E-state index in [-0.39, 0.29) is 17.8 Å². The Morgan fingerprint density at radius 2 is 2.06 bits per heavy atom. The Morgan fingerprint density at radius 3 is 2.59 bits per heavy atom. The van der Waals surface area contributed by atoms with Crippen molar-refractivity contribution in [3.8, 4) is 5.75 Å². The highest BCUT2D eigenvalue weighted by molar-refractivity contribution is 6.31. The summed E-state index contributed by atoms with van der Waals surface area (Å²) in [6.07, 6.45) is 2.04. The normalized spacial score (nSPS) is 15.1. The van der Waals surface area contributed by atoms with Crippen molar-refractivity contribution in [2.24, 2.45) is 5.92 Å². The van der Waals surface area contributed by atoms with Crippen molar-refractivity contribution in [3.05, 3.63) is 28.3 Å². The van der Waals surface area contributed by atoms with Crippen LogP contribution in [0.4, 0.5) is 0 Å². The van der Waals surface area contributed by atoms with Crippen molar-refractivity contribution < 1.29 is 9.53 Å². The molecule has 1 aromatic rings. The lowest BCUT2D eigenvalue weighted by Gasteiger charge is -2.15. The summed E-state index contributed by atoms with van der Waals surface area (Å²) in [4.78, 5) is 12.1. The number of benzene rings is 1. The molecule has 0 aromatic heterocycles. The molecule has 1 aliphatic rings. The summed E-state index contributed by atoms with van der Waals surface area (Å²) < 4.78 is 5.70. The molecular formula is C14H17ClO2. The highest BCUT2D eigenvalue weighted by Crippen LogP contribution is 2.37.